The van der Waals surface area contributed by atoms with Crippen molar-refractivity contribution in [3.63, 3.8) is 0 Å². The molecule has 4 rings (SSSR count). The van der Waals surface area contributed by atoms with E-state index in [0.29, 0.717) is 6.04 Å². The number of nitriles is 1. The van der Waals surface area contributed by atoms with Crippen LogP contribution in [-0.4, -0.2) is 11.4 Å². The molecule has 3 aromatic rings. The molecule has 0 radical (unpaired) electrons. The van der Waals surface area contributed by atoms with Gasteiger partial charge in [0.25, 0.3) is 0 Å². The van der Waals surface area contributed by atoms with Crippen LogP contribution in [0.3, 0.4) is 0 Å². The van der Waals surface area contributed by atoms with Crippen LogP contribution in [-0.2, 0) is 13.0 Å². The zero-order valence-corrected chi connectivity index (χ0v) is 14.2. The highest BCUT2D eigenvalue weighted by Crippen LogP contribution is 2.40. The maximum atomic E-state index is 9.36. The quantitative estimate of drug-likeness (QED) is 0.685. The number of thiophene rings is 2. The molecule has 23 heavy (non-hydrogen) atoms. The first-order chi connectivity index (χ1) is 11.4. The Morgan fingerprint density at radius 1 is 1.09 bits per heavy atom. The lowest BCUT2D eigenvalue weighted by Crippen LogP contribution is -2.34. The van der Waals surface area contributed by atoms with Crippen LogP contribution in [0.1, 0.15) is 32.5 Å². The first kappa shape index (κ1) is 14.6. The van der Waals surface area contributed by atoms with E-state index in [1.807, 2.05) is 40.9 Å². The zero-order chi connectivity index (χ0) is 15.6. The topological polar surface area (TPSA) is 27.0 Å². The minimum absolute atomic E-state index is 0.316. The second kappa shape index (κ2) is 6.29. The molecule has 4 heteroatoms. The van der Waals surface area contributed by atoms with Crippen LogP contribution in [0.25, 0.3) is 0 Å². The molecule has 1 aromatic carbocycles. The van der Waals surface area contributed by atoms with Gasteiger partial charge < -0.3 is 0 Å². The van der Waals surface area contributed by atoms with Gasteiger partial charge in [0, 0.05) is 22.8 Å². The molecular formula is C19H16N2S2. The highest BCUT2D eigenvalue weighted by molar-refractivity contribution is 7.10. The van der Waals surface area contributed by atoms with Gasteiger partial charge >= 0.3 is 0 Å². The number of fused-ring (bicyclic) bond motifs is 1. The van der Waals surface area contributed by atoms with Gasteiger partial charge in [-0.05, 0) is 46.5 Å². The van der Waals surface area contributed by atoms with Gasteiger partial charge in [0.15, 0.2) is 0 Å². The van der Waals surface area contributed by atoms with E-state index >= 15 is 0 Å². The second-order valence-corrected chi connectivity index (χ2v) is 7.69. The van der Waals surface area contributed by atoms with Gasteiger partial charge in [0.05, 0.1) is 17.7 Å². The average Bonchev–Trinajstić information content (AvgIpc) is 3.26. The SMILES string of the molecule is N#Cc1ccccc1CN1CCc2sccc2[C@H]1c1cccs1. The maximum Gasteiger partial charge on any atom is 0.0995 e. The second-order valence-electron chi connectivity index (χ2n) is 5.71. The summed E-state index contributed by atoms with van der Waals surface area (Å²) in [5, 5.41) is 13.7. The molecule has 0 saturated heterocycles. The highest BCUT2D eigenvalue weighted by atomic mass is 32.1. The van der Waals surface area contributed by atoms with Crippen molar-refractivity contribution < 1.29 is 0 Å². The van der Waals surface area contributed by atoms with Crippen molar-refractivity contribution in [1.82, 2.24) is 4.90 Å². The summed E-state index contributed by atoms with van der Waals surface area (Å²) in [5.74, 6) is 0. The Hall–Kier alpha value is -1.93. The lowest BCUT2D eigenvalue weighted by atomic mass is 9.97. The van der Waals surface area contributed by atoms with Crippen molar-refractivity contribution in [2.75, 3.05) is 6.54 Å². The number of rotatable bonds is 3. The molecule has 0 unspecified atom stereocenters. The van der Waals surface area contributed by atoms with Crippen molar-refractivity contribution in [3.8, 4) is 6.07 Å². The monoisotopic (exact) mass is 336 g/mol. The predicted octanol–water partition coefficient (Wildman–Crippen LogP) is 4.83. The van der Waals surface area contributed by atoms with Crippen molar-refractivity contribution in [3.05, 3.63) is 79.7 Å². The van der Waals surface area contributed by atoms with E-state index in [1.165, 1.54) is 15.3 Å². The first-order valence-electron chi connectivity index (χ1n) is 7.68. The molecule has 0 aliphatic carbocycles. The van der Waals surface area contributed by atoms with Gasteiger partial charge in [0.1, 0.15) is 0 Å². The van der Waals surface area contributed by atoms with Gasteiger partial charge in [0.2, 0.25) is 0 Å². The van der Waals surface area contributed by atoms with Crippen LogP contribution in [0.5, 0.6) is 0 Å². The van der Waals surface area contributed by atoms with E-state index in [2.05, 4.69) is 46.0 Å². The Bertz CT molecular complexity index is 842. The fourth-order valence-electron chi connectivity index (χ4n) is 3.30. The predicted molar refractivity (Wildman–Crippen MR) is 95.8 cm³/mol. The van der Waals surface area contributed by atoms with Crippen molar-refractivity contribution >= 4 is 22.7 Å². The summed E-state index contributed by atoms with van der Waals surface area (Å²) in [5.41, 5.74) is 3.35. The van der Waals surface area contributed by atoms with Gasteiger partial charge in [-0.15, -0.1) is 22.7 Å². The Labute approximate surface area is 144 Å². The third-order valence-corrected chi connectivity index (χ3v) is 6.31. The van der Waals surface area contributed by atoms with Crippen LogP contribution in [0.2, 0.25) is 0 Å². The van der Waals surface area contributed by atoms with Crippen LogP contribution < -0.4 is 0 Å². The van der Waals surface area contributed by atoms with Gasteiger partial charge in [-0.3, -0.25) is 4.90 Å². The number of hydrogen-bond acceptors (Lipinski definition) is 4. The fourth-order valence-corrected chi connectivity index (χ4v) is 5.08. The number of hydrogen-bond donors (Lipinski definition) is 0. The molecule has 0 fully saturated rings. The van der Waals surface area contributed by atoms with E-state index in [9.17, 15) is 5.26 Å². The summed E-state index contributed by atoms with van der Waals surface area (Å²) in [6, 6.07) is 17.2. The Morgan fingerprint density at radius 3 is 2.83 bits per heavy atom. The van der Waals surface area contributed by atoms with Gasteiger partial charge in [-0.1, -0.05) is 24.3 Å². The largest absolute Gasteiger partial charge is 0.287 e. The summed E-state index contributed by atoms with van der Waals surface area (Å²) < 4.78 is 0. The Morgan fingerprint density at radius 2 is 2.00 bits per heavy atom. The standard InChI is InChI=1S/C19H16N2S2/c20-12-14-4-1-2-5-15(14)13-21-9-7-17-16(8-11-23-17)19(21)18-6-3-10-22-18/h1-6,8,10-11,19H,7,9,13H2/t19-/m0/s1. The zero-order valence-electron chi connectivity index (χ0n) is 12.6. The van der Waals surface area contributed by atoms with Crippen LogP contribution in [0.15, 0.2) is 53.2 Å². The molecule has 3 heterocycles. The lowest BCUT2D eigenvalue weighted by molar-refractivity contribution is 0.209. The van der Waals surface area contributed by atoms with Crippen LogP contribution in [0.4, 0.5) is 0 Å². The third kappa shape index (κ3) is 2.72. The highest BCUT2D eigenvalue weighted by Gasteiger charge is 2.30. The van der Waals surface area contributed by atoms with E-state index in [1.54, 1.807) is 0 Å². The molecule has 0 bridgehead atoms. The maximum absolute atomic E-state index is 9.36. The fraction of sp³-hybridized carbons (Fsp3) is 0.211. The summed E-state index contributed by atoms with van der Waals surface area (Å²) in [7, 11) is 0. The third-order valence-electron chi connectivity index (χ3n) is 4.39. The molecule has 1 aliphatic rings. The molecule has 0 spiro atoms. The minimum atomic E-state index is 0.316. The normalized spacial score (nSPS) is 17.6. The smallest absolute Gasteiger partial charge is 0.0995 e. The molecular weight excluding hydrogens is 320 g/mol. The molecule has 0 amide bonds. The van der Waals surface area contributed by atoms with E-state index < -0.39 is 0 Å². The lowest BCUT2D eigenvalue weighted by Gasteiger charge is -2.35. The first-order valence-corrected chi connectivity index (χ1v) is 9.44. The molecule has 2 nitrogen and oxygen atoms in total. The van der Waals surface area contributed by atoms with E-state index in [4.69, 9.17) is 0 Å². The van der Waals surface area contributed by atoms with Gasteiger partial charge in [-0.25, -0.2) is 0 Å². The Kier molecular flexibility index (Phi) is 4.00. The van der Waals surface area contributed by atoms with E-state index in [-0.39, 0.29) is 0 Å². The summed E-state index contributed by atoms with van der Waals surface area (Å²) >= 11 is 3.69. The molecule has 0 saturated carbocycles. The van der Waals surface area contributed by atoms with E-state index in [0.717, 1.165) is 30.6 Å². The van der Waals surface area contributed by atoms with Crippen LogP contribution in [0, 0.1) is 11.3 Å². The molecule has 114 valence electrons. The molecule has 1 aliphatic heterocycles. The number of benzene rings is 1. The summed E-state index contributed by atoms with van der Waals surface area (Å²) in [4.78, 5) is 5.41. The summed E-state index contributed by atoms with van der Waals surface area (Å²) in [6.45, 7) is 1.86. The van der Waals surface area contributed by atoms with Crippen molar-refractivity contribution in [2.24, 2.45) is 0 Å². The minimum Gasteiger partial charge on any atom is -0.287 e. The van der Waals surface area contributed by atoms with Gasteiger partial charge in [-0.2, -0.15) is 5.26 Å². The Balaban J connectivity index is 1.72. The molecule has 1 atom stereocenters. The van der Waals surface area contributed by atoms with Crippen molar-refractivity contribution in [1.29, 1.82) is 5.26 Å². The van der Waals surface area contributed by atoms with Crippen LogP contribution >= 0.6 is 22.7 Å². The summed E-state index contributed by atoms with van der Waals surface area (Å²) in [6.07, 6.45) is 1.10. The average molecular weight is 336 g/mol. The molecule has 2 aromatic heterocycles. The van der Waals surface area contributed by atoms with Crippen molar-refractivity contribution in [2.45, 2.75) is 19.0 Å². The molecule has 0 N–H and O–H groups in total. The number of nitrogens with zero attached hydrogens (tertiary/aromatic N) is 2.